The number of pyridine rings is 1. The van der Waals surface area contributed by atoms with Crippen LogP contribution in [0.25, 0.3) is 0 Å². The van der Waals surface area contributed by atoms with E-state index >= 15 is 0 Å². The summed E-state index contributed by atoms with van der Waals surface area (Å²) in [5, 5.41) is 2.86. The van der Waals surface area contributed by atoms with Gasteiger partial charge in [-0.05, 0) is 12.1 Å². The van der Waals surface area contributed by atoms with Crippen molar-refractivity contribution >= 4 is 13.2 Å². The van der Waals surface area contributed by atoms with Gasteiger partial charge in [0.15, 0.2) is 0 Å². The number of nitrogens with one attached hydrogen (secondary N) is 1. The van der Waals surface area contributed by atoms with Gasteiger partial charge in [0.1, 0.15) is 7.28 Å². The van der Waals surface area contributed by atoms with E-state index in [1.165, 1.54) is 0 Å². The van der Waals surface area contributed by atoms with E-state index in [-0.39, 0.29) is 11.8 Å². The molecule has 0 bridgehead atoms. The molecule has 0 spiro atoms. The van der Waals surface area contributed by atoms with Crippen molar-refractivity contribution in [1.82, 2.24) is 10.3 Å². The Balaban J connectivity index is 2.34. The number of amides is 1. The molecule has 0 aliphatic carbocycles. The summed E-state index contributed by atoms with van der Waals surface area (Å²) in [6, 6.07) is 5.68. The highest BCUT2D eigenvalue weighted by molar-refractivity contribution is 6.34. The first-order valence-corrected chi connectivity index (χ1v) is 5.19. The molecule has 79 valence electrons. The van der Waals surface area contributed by atoms with Crippen molar-refractivity contribution in [2.45, 2.75) is 26.6 Å². The fourth-order valence-corrected chi connectivity index (χ4v) is 1.32. The third-order valence-electron chi connectivity index (χ3n) is 2.21. The minimum Gasteiger partial charge on any atom is -0.350 e. The van der Waals surface area contributed by atoms with Gasteiger partial charge in [-0.25, -0.2) is 0 Å². The Labute approximate surface area is 91.5 Å². The van der Waals surface area contributed by atoms with Crippen LogP contribution in [0, 0.1) is 5.92 Å². The normalized spacial score (nSPS) is 11.9. The van der Waals surface area contributed by atoms with Gasteiger partial charge in [-0.15, -0.1) is 0 Å². The van der Waals surface area contributed by atoms with Crippen LogP contribution in [0.15, 0.2) is 24.4 Å². The van der Waals surface area contributed by atoms with E-state index in [1.807, 2.05) is 39.2 Å². The van der Waals surface area contributed by atoms with E-state index in [2.05, 4.69) is 10.3 Å². The third kappa shape index (κ3) is 4.15. The zero-order valence-corrected chi connectivity index (χ0v) is 9.23. The quantitative estimate of drug-likeness (QED) is 0.737. The van der Waals surface area contributed by atoms with Crippen molar-refractivity contribution in [3.63, 3.8) is 0 Å². The minimum absolute atomic E-state index is 0.0405. The maximum Gasteiger partial charge on any atom is 0.222 e. The second-order valence-electron chi connectivity index (χ2n) is 3.58. The standard InChI is InChI=1S/C11H16BN2O/c1-9(7-12-2)11(15)14-8-10-5-3-4-6-13-10/h3-6,9H,7-8H2,1-2H3,(H,14,15). The summed E-state index contributed by atoms with van der Waals surface area (Å²) in [4.78, 5) is 15.7. The van der Waals surface area contributed by atoms with Crippen molar-refractivity contribution in [1.29, 1.82) is 0 Å². The van der Waals surface area contributed by atoms with Crippen LogP contribution in [0.4, 0.5) is 0 Å². The third-order valence-corrected chi connectivity index (χ3v) is 2.21. The predicted octanol–water partition coefficient (Wildman–Crippen LogP) is 1.50. The molecule has 0 saturated carbocycles. The molecular formula is C11H16BN2O. The second-order valence-corrected chi connectivity index (χ2v) is 3.58. The van der Waals surface area contributed by atoms with Crippen LogP contribution in [0.2, 0.25) is 13.1 Å². The zero-order chi connectivity index (χ0) is 11.1. The van der Waals surface area contributed by atoms with Crippen molar-refractivity contribution in [3.05, 3.63) is 30.1 Å². The highest BCUT2D eigenvalue weighted by Crippen LogP contribution is 2.02. The van der Waals surface area contributed by atoms with Gasteiger partial charge >= 0.3 is 0 Å². The Morgan fingerprint density at radius 2 is 2.40 bits per heavy atom. The summed E-state index contributed by atoms with van der Waals surface area (Å²) in [5.74, 6) is 0.123. The molecule has 1 amide bonds. The Kier molecular flexibility index (Phi) is 4.88. The van der Waals surface area contributed by atoms with Crippen molar-refractivity contribution in [2.24, 2.45) is 5.92 Å². The highest BCUT2D eigenvalue weighted by atomic mass is 16.1. The molecule has 1 radical (unpaired) electrons. The molecule has 15 heavy (non-hydrogen) atoms. The van der Waals surface area contributed by atoms with E-state index in [0.29, 0.717) is 6.54 Å². The second kappa shape index (κ2) is 6.22. The maximum atomic E-state index is 11.5. The van der Waals surface area contributed by atoms with Crippen LogP contribution in [0.1, 0.15) is 12.6 Å². The van der Waals surface area contributed by atoms with Gasteiger partial charge in [-0.2, -0.15) is 0 Å². The molecular weight excluding hydrogens is 187 g/mol. The number of carbonyl (C=O) groups is 1. The van der Waals surface area contributed by atoms with Crippen LogP contribution >= 0.6 is 0 Å². The lowest BCUT2D eigenvalue weighted by molar-refractivity contribution is -0.124. The minimum atomic E-state index is 0.0405. The van der Waals surface area contributed by atoms with Gasteiger partial charge in [-0.1, -0.05) is 26.1 Å². The molecule has 0 aliphatic rings. The predicted molar refractivity (Wildman–Crippen MR) is 61.7 cm³/mol. The first kappa shape index (κ1) is 11.8. The first-order chi connectivity index (χ1) is 7.24. The lowest BCUT2D eigenvalue weighted by Crippen LogP contribution is -2.29. The smallest absolute Gasteiger partial charge is 0.222 e. The molecule has 1 atom stereocenters. The fraction of sp³-hybridized carbons (Fsp3) is 0.455. The Bertz CT molecular complexity index is 303. The van der Waals surface area contributed by atoms with Crippen LogP contribution in [-0.2, 0) is 11.3 Å². The fourth-order valence-electron chi connectivity index (χ4n) is 1.32. The summed E-state index contributed by atoms with van der Waals surface area (Å²) < 4.78 is 0. The van der Waals surface area contributed by atoms with Gasteiger partial charge < -0.3 is 5.32 Å². The van der Waals surface area contributed by atoms with Gasteiger partial charge in [-0.3, -0.25) is 9.78 Å². The maximum absolute atomic E-state index is 11.5. The molecule has 0 aromatic carbocycles. The van der Waals surface area contributed by atoms with Gasteiger partial charge in [0.2, 0.25) is 5.91 Å². The largest absolute Gasteiger partial charge is 0.350 e. The molecule has 3 nitrogen and oxygen atoms in total. The number of carbonyl (C=O) groups excluding carboxylic acids is 1. The highest BCUT2D eigenvalue weighted by Gasteiger charge is 2.10. The number of nitrogens with zero attached hydrogens (tertiary/aromatic N) is 1. The van der Waals surface area contributed by atoms with E-state index in [1.54, 1.807) is 6.20 Å². The number of hydrogen-bond acceptors (Lipinski definition) is 2. The SMILES string of the molecule is C[B]CC(C)C(=O)NCc1ccccn1. The molecule has 1 aromatic rings. The van der Waals surface area contributed by atoms with E-state index < -0.39 is 0 Å². The van der Waals surface area contributed by atoms with Crippen LogP contribution in [0.5, 0.6) is 0 Å². The van der Waals surface area contributed by atoms with Crippen molar-refractivity contribution in [2.75, 3.05) is 0 Å². The topological polar surface area (TPSA) is 42.0 Å². The molecule has 1 rings (SSSR count). The molecule has 1 aromatic heterocycles. The van der Waals surface area contributed by atoms with Crippen LogP contribution in [0.3, 0.4) is 0 Å². The lowest BCUT2D eigenvalue weighted by atomic mass is 9.72. The van der Waals surface area contributed by atoms with Gasteiger partial charge in [0.25, 0.3) is 0 Å². The number of rotatable bonds is 5. The summed E-state index contributed by atoms with van der Waals surface area (Å²) in [7, 11) is 2.00. The Morgan fingerprint density at radius 3 is 3.00 bits per heavy atom. The summed E-state index contributed by atoms with van der Waals surface area (Å²) in [6.07, 6.45) is 2.54. The van der Waals surface area contributed by atoms with Crippen LogP contribution in [-0.4, -0.2) is 18.2 Å². The van der Waals surface area contributed by atoms with Gasteiger partial charge in [0.05, 0.1) is 12.2 Å². The summed E-state index contributed by atoms with van der Waals surface area (Å²) in [5.41, 5.74) is 0.888. The van der Waals surface area contributed by atoms with E-state index in [9.17, 15) is 4.79 Å². The van der Waals surface area contributed by atoms with Gasteiger partial charge in [0, 0.05) is 12.1 Å². The molecule has 4 heteroatoms. The first-order valence-electron chi connectivity index (χ1n) is 5.19. The molecule has 0 fully saturated rings. The number of hydrogen-bond donors (Lipinski definition) is 1. The molecule has 1 N–H and O–H groups in total. The summed E-state index contributed by atoms with van der Waals surface area (Å²) in [6.45, 7) is 4.39. The average molecular weight is 203 g/mol. The van der Waals surface area contributed by atoms with Crippen molar-refractivity contribution in [3.8, 4) is 0 Å². The Morgan fingerprint density at radius 1 is 1.60 bits per heavy atom. The zero-order valence-electron chi connectivity index (χ0n) is 9.23. The number of aromatic nitrogens is 1. The molecule has 1 unspecified atom stereocenters. The average Bonchev–Trinajstić information content (AvgIpc) is 2.27. The van der Waals surface area contributed by atoms with Crippen LogP contribution < -0.4 is 5.32 Å². The monoisotopic (exact) mass is 203 g/mol. The molecule has 1 heterocycles. The lowest BCUT2D eigenvalue weighted by Gasteiger charge is -2.10. The molecule has 0 aliphatic heterocycles. The van der Waals surface area contributed by atoms with E-state index in [4.69, 9.17) is 0 Å². The van der Waals surface area contributed by atoms with Crippen molar-refractivity contribution < 1.29 is 4.79 Å². The van der Waals surface area contributed by atoms with E-state index in [0.717, 1.165) is 12.0 Å². The summed E-state index contributed by atoms with van der Waals surface area (Å²) >= 11 is 0. The molecule has 0 saturated heterocycles. The Hall–Kier alpha value is -1.32.